The van der Waals surface area contributed by atoms with Gasteiger partial charge < -0.3 is 10.1 Å². The van der Waals surface area contributed by atoms with Crippen LogP contribution in [0.25, 0.3) is 11.3 Å². The first-order chi connectivity index (χ1) is 16.9. The number of thiazole rings is 1. The Kier molecular flexibility index (Phi) is 8.10. The molecule has 0 aliphatic carbocycles. The molecule has 35 heavy (non-hydrogen) atoms. The number of hydrogen-bond donors (Lipinski definition) is 2. The van der Waals surface area contributed by atoms with Crippen molar-refractivity contribution >= 4 is 22.4 Å². The molecule has 2 N–H and O–H groups in total. The van der Waals surface area contributed by atoms with E-state index in [-0.39, 0.29) is 23.9 Å². The number of halogens is 2. The van der Waals surface area contributed by atoms with Gasteiger partial charge in [-0.2, -0.15) is 0 Å². The molecule has 3 aromatic rings. The van der Waals surface area contributed by atoms with Crippen LogP contribution in [0.15, 0.2) is 48.5 Å². The van der Waals surface area contributed by atoms with Crippen molar-refractivity contribution in [3.05, 3.63) is 70.7 Å². The van der Waals surface area contributed by atoms with Gasteiger partial charge in [-0.3, -0.25) is 10.2 Å². The van der Waals surface area contributed by atoms with Crippen LogP contribution < -0.4 is 10.6 Å². The van der Waals surface area contributed by atoms with E-state index in [4.69, 9.17) is 9.72 Å². The number of nitrogens with zero attached hydrogens (tertiary/aromatic N) is 2. The van der Waals surface area contributed by atoms with Crippen LogP contribution in [0.1, 0.15) is 36.3 Å². The highest BCUT2D eigenvalue weighted by atomic mass is 32.1. The number of nitrogens with one attached hydrogen (secondary N) is 2. The smallest absolute Gasteiger partial charge is 0.320 e. The summed E-state index contributed by atoms with van der Waals surface area (Å²) in [6.45, 7) is 6.54. The third-order valence-electron chi connectivity index (χ3n) is 6.11. The second kappa shape index (κ2) is 11.2. The molecule has 9 heteroatoms. The molecule has 2 heterocycles. The van der Waals surface area contributed by atoms with E-state index >= 15 is 0 Å². The Balaban J connectivity index is 1.54. The van der Waals surface area contributed by atoms with Gasteiger partial charge in [0, 0.05) is 44.1 Å². The summed E-state index contributed by atoms with van der Waals surface area (Å²) in [5.74, 6) is -1.73. The van der Waals surface area contributed by atoms with Crippen molar-refractivity contribution in [2.24, 2.45) is 0 Å². The van der Waals surface area contributed by atoms with Crippen molar-refractivity contribution in [2.45, 2.75) is 31.7 Å². The van der Waals surface area contributed by atoms with E-state index in [1.54, 1.807) is 13.2 Å². The molecule has 186 valence electrons. The Morgan fingerprint density at radius 2 is 1.94 bits per heavy atom. The molecular weight excluding hydrogens is 470 g/mol. The lowest BCUT2D eigenvalue weighted by Crippen LogP contribution is -2.42. The van der Waals surface area contributed by atoms with Gasteiger partial charge in [0.15, 0.2) is 11.6 Å². The largest absolute Gasteiger partial charge is 0.383 e. The molecule has 0 radical (unpaired) electrons. The minimum Gasteiger partial charge on any atom is -0.383 e. The van der Waals surface area contributed by atoms with Crippen LogP contribution in [0.4, 0.5) is 18.6 Å². The van der Waals surface area contributed by atoms with Crippen molar-refractivity contribution in [1.29, 1.82) is 0 Å². The fourth-order valence-corrected chi connectivity index (χ4v) is 5.27. The molecule has 2 atom stereocenters. The Hall–Kier alpha value is -2.88. The number of urea groups is 1. The van der Waals surface area contributed by atoms with Gasteiger partial charge in [-0.15, -0.1) is 11.3 Å². The number of rotatable bonds is 8. The maximum atomic E-state index is 14.0. The van der Waals surface area contributed by atoms with Crippen molar-refractivity contribution in [3.63, 3.8) is 0 Å². The summed E-state index contributed by atoms with van der Waals surface area (Å²) in [5.41, 5.74) is 2.32. The van der Waals surface area contributed by atoms with Gasteiger partial charge in [-0.1, -0.05) is 50.2 Å². The van der Waals surface area contributed by atoms with Gasteiger partial charge in [-0.05, 0) is 17.7 Å². The fraction of sp³-hybridized carbons (Fsp3) is 0.385. The third-order valence-corrected chi connectivity index (χ3v) is 7.38. The van der Waals surface area contributed by atoms with Gasteiger partial charge in [0.05, 0.1) is 17.7 Å². The third kappa shape index (κ3) is 6.04. The second-order valence-electron chi connectivity index (χ2n) is 8.99. The summed E-state index contributed by atoms with van der Waals surface area (Å²) >= 11 is 1.46. The lowest BCUT2D eigenvalue weighted by Gasteiger charge is -2.20. The number of methoxy groups -OCH3 is 1. The highest BCUT2D eigenvalue weighted by molar-refractivity contribution is 7.16. The molecule has 4 rings (SSSR count). The van der Waals surface area contributed by atoms with E-state index < -0.39 is 11.6 Å². The normalized spacial score (nSPS) is 18.2. The Bertz CT molecular complexity index is 1160. The Labute approximate surface area is 208 Å². The summed E-state index contributed by atoms with van der Waals surface area (Å²) in [6.07, 6.45) is 0. The summed E-state index contributed by atoms with van der Waals surface area (Å²) in [7, 11) is 1.64. The zero-order valence-corrected chi connectivity index (χ0v) is 20.9. The standard InChI is InChI=1S/C26H30F2N4O2S/c1-16(2)24-30-23(17-7-5-4-6-8-17)25(35-24)31-26(33)29-22-15-32(11-12-34-3)14-19(22)18-9-10-20(27)21(28)13-18/h4-10,13,16,19,22H,11-12,14-15H2,1-3H3,(H2,29,31,33)/t19-,22+/m0/s1. The van der Waals surface area contributed by atoms with Crippen LogP contribution in [0.3, 0.4) is 0 Å². The zero-order chi connectivity index (χ0) is 24.9. The highest BCUT2D eigenvalue weighted by Crippen LogP contribution is 2.36. The predicted octanol–water partition coefficient (Wildman–Crippen LogP) is 5.45. The average molecular weight is 501 g/mol. The van der Waals surface area contributed by atoms with Crippen LogP contribution >= 0.6 is 11.3 Å². The number of benzene rings is 2. The molecule has 0 saturated carbocycles. The minimum absolute atomic E-state index is 0.186. The molecule has 0 unspecified atom stereocenters. The van der Waals surface area contributed by atoms with E-state index in [2.05, 4.69) is 29.4 Å². The average Bonchev–Trinajstić information content (AvgIpc) is 3.44. The summed E-state index contributed by atoms with van der Waals surface area (Å²) in [6, 6.07) is 13.0. The van der Waals surface area contributed by atoms with Crippen LogP contribution in [0.2, 0.25) is 0 Å². The monoisotopic (exact) mass is 500 g/mol. The summed E-state index contributed by atoms with van der Waals surface area (Å²) < 4.78 is 32.7. The van der Waals surface area contributed by atoms with Crippen LogP contribution in [0.5, 0.6) is 0 Å². The molecule has 1 aromatic heterocycles. The van der Waals surface area contributed by atoms with Gasteiger partial charge in [0.25, 0.3) is 0 Å². The molecule has 0 spiro atoms. The van der Waals surface area contributed by atoms with Gasteiger partial charge in [0.1, 0.15) is 10.7 Å². The summed E-state index contributed by atoms with van der Waals surface area (Å²) in [5, 5.41) is 7.67. The van der Waals surface area contributed by atoms with Crippen molar-refractivity contribution < 1.29 is 18.3 Å². The van der Waals surface area contributed by atoms with Crippen LogP contribution in [-0.4, -0.2) is 55.3 Å². The Morgan fingerprint density at radius 3 is 2.63 bits per heavy atom. The number of likely N-dealkylation sites (tertiary alicyclic amines) is 1. The van der Waals surface area contributed by atoms with E-state index in [0.29, 0.717) is 36.8 Å². The highest BCUT2D eigenvalue weighted by Gasteiger charge is 2.35. The van der Waals surface area contributed by atoms with E-state index in [0.717, 1.165) is 22.3 Å². The van der Waals surface area contributed by atoms with Gasteiger partial charge >= 0.3 is 6.03 Å². The number of amides is 2. The molecule has 2 aromatic carbocycles. The first kappa shape index (κ1) is 25.2. The van der Waals surface area contributed by atoms with Crippen LogP contribution in [0, 0.1) is 11.6 Å². The molecule has 1 fully saturated rings. The van der Waals surface area contributed by atoms with Crippen molar-refractivity contribution in [2.75, 3.05) is 38.7 Å². The SMILES string of the molecule is COCCN1C[C@@H](NC(=O)Nc2sc(C(C)C)nc2-c2ccccc2)[C@H](c2ccc(F)c(F)c2)C1. The molecule has 1 aliphatic rings. The van der Waals surface area contributed by atoms with Crippen molar-refractivity contribution in [3.8, 4) is 11.3 Å². The molecule has 6 nitrogen and oxygen atoms in total. The first-order valence-electron chi connectivity index (χ1n) is 11.7. The minimum atomic E-state index is -0.889. The zero-order valence-electron chi connectivity index (χ0n) is 20.1. The lowest BCUT2D eigenvalue weighted by molar-refractivity contribution is 0.159. The molecule has 1 aliphatic heterocycles. The van der Waals surface area contributed by atoms with E-state index in [9.17, 15) is 13.6 Å². The number of carbonyl (C=O) groups is 1. The maximum absolute atomic E-state index is 14.0. The van der Waals surface area contributed by atoms with E-state index in [1.807, 2.05) is 30.3 Å². The predicted molar refractivity (Wildman–Crippen MR) is 135 cm³/mol. The van der Waals surface area contributed by atoms with Gasteiger partial charge in [0.2, 0.25) is 0 Å². The summed E-state index contributed by atoms with van der Waals surface area (Å²) in [4.78, 5) is 20.0. The molecular formula is C26H30F2N4O2S. The maximum Gasteiger partial charge on any atom is 0.320 e. The van der Waals surface area contributed by atoms with E-state index in [1.165, 1.54) is 17.4 Å². The Morgan fingerprint density at radius 1 is 1.17 bits per heavy atom. The van der Waals surface area contributed by atoms with Gasteiger partial charge in [-0.25, -0.2) is 18.6 Å². The van der Waals surface area contributed by atoms with Crippen molar-refractivity contribution in [1.82, 2.24) is 15.2 Å². The second-order valence-corrected chi connectivity index (χ2v) is 10.0. The fourth-order valence-electron chi connectivity index (χ4n) is 4.28. The quantitative estimate of drug-likeness (QED) is 0.432. The molecule has 1 saturated heterocycles. The first-order valence-corrected chi connectivity index (χ1v) is 12.5. The lowest BCUT2D eigenvalue weighted by atomic mass is 9.94. The molecule has 0 bridgehead atoms. The number of anilines is 1. The van der Waals surface area contributed by atoms with Crippen LogP contribution in [-0.2, 0) is 4.74 Å². The number of hydrogen-bond acceptors (Lipinski definition) is 5. The molecule has 2 amide bonds. The topological polar surface area (TPSA) is 66.5 Å². The number of aromatic nitrogens is 1. The number of ether oxygens (including phenoxy) is 1. The number of carbonyl (C=O) groups excluding carboxylic acids is 1.